The molecule has 32 heavy (non-hydrogen) atoms. The minimum absolute atomic E-state index is 0.626. The summed E-state index contributed by atoms with van der Waals surface area (Å²) in [5, 5.41) is 3.41. The van der Waals surface area contributed by atoms with E-state index in [1.54, 1.807) is 11.9 Å². The average Bonchev–Trinajstić information content (AvgIpc) is 2.81. The molecule has 0 radical (unpaired) electrons. The molecule has 0 unspecified atom stereocenters. The maximum atomic E-state index is 4.91. The number of fused-ring (bicyclic) bond motifs is 3. The van der Waals surface area contributed by atoms with Gasteiger partial charge in [0, 0.05) is 49.7 Å². The van der Waals surface area contributed by atoms with Crippen LogP contribution in [-0.4, -0.2) is 54.6 Å². The molecule has 6 nitrogen and oxygen atoms in total. The quantitative estimate of drug-likeness (QED) is 0.441. The van der Waals surface area contributed by atoms with E-state index in [1.165, 1.54) is 5.69 Å². The Balaban J connectivity index is 1.40. The molecule has 0 saturated carbocycles. The number of rotatable bonds is 5. The lowest BCUT2D eigenvalue weighted by atomic mass is 10.1. The van der Waals surface area contributed by atoms with Gasteiger partial charge >= 0.3 is 0 Å². The van der Waals surface area contributed by atoms with Crippen molar-refractivity contribution < 1.29 is 0 Å². The molecule has 1 saturated heterocycles. The van der Waals surface area contributed by atoms with E-state index in [9.17, 15) is 0 Å². The number of benzene rings is 2. The number of piperazine rings is 1. The van der Waals surface area contributed by atoms with Crippen LogP contribution in [0.4, 0.5) is 23.0 Å². The molecule has 0 spiro atoms. The maximum absolute atomic E-state index is 4.91. The summed E-state index contributed by atoms with van der Waals surface area (Å²) in [6.45, 7) is 11.1. The molecule has 1 fully saturated rings. The van der Waals surface area contributed by atoms with E-state index in [2.05, 4.69) is 88.5 Å². The zero-order valence-corrected chi connectivity index (χ0v) is 19.4. The second-order valence-electron chi connectivity index (χ2n) is 8.23. The van der Waals surface area contributed by atoms with Gasteiger partial charge in [0.2, 0.25) is 5.95 Å². The van der Waals surface area contributed by atoms with E-state index in [0.717, 1.165) is 65.9 Å². The van der Waals surface area contributed by atoms with E-state index in [0.29, 0.717) is 5.95 Å². The van der Waals surface area contributed by atoms with Crippen LogP contribution in [0, 0.1) is 6.92 Å². The second kappa shape index (κ2) is 8.84. The molecule has 7 heteroatoms. The van der Waals surface area contributed by atoms with Gasteiger partial charge in [0.25, 0.3) is 0 Å². The SMILES string of the molecule is C=CCN1Sc2c(C)nc(Nc3ccc(N4CCN(C)CC4)cc3)nc2-c2ccccc21. The van der Waals surface area contributed by atoms with Gasteiger partial charge in [0.15, 0.2) is 0 Å². The summed E-state index contributed by atoms with van der Waals surface area (Å²) in [6, 6.07) is 17.0. The van der Waals surface area contributed by atoms with Crippen molar-refractivity contribution in [1.82, 2.24) is 14.9 Å². The van der Waals surface area contributed by atoms with Crippen molar-refractivity contribution in [2.45, 2.75) is 11.8 Å². The fourth-order valence-corrected chi connectivity index (χ4v) is 5.24. The third-order valence-electron chi connectivity index (χ3n) is 5.95. The van der Waals surface area contributed by atoms with Crippen LogP contribution in [0.5, 0.6) is 0 Å². The summed E-state index contributed by atoms with van der Waals surface area (Å²) in [6.07, 6.45) is 1.92. The number of hydrogen-bond acceptors (Lipinski definition) is 7. The van der Waals surface area contributed by atoms with Gasteiger partial charge in [0.1, 0.15) is 0 Å². The van der Waals surface area contributed by atoms with E-state index in [4.69, 9.17) is 9.97 Å². The van der Waals surface area contributed by atoms with E-state index in [1.807, 2.05) is 6.08 Å². The summed E-state index contributed by atoms with van der Waals surface area (Å²) in [5.74, 6) is 0.626. The predicted octanol–water partition coefficient (Wildman–Crippen LogP) is 4.96. The monoisotopic (exact) mass is 444 g/mol. The molecule has 0 aliphatic carbocycles. The number of aryl methyl sites for hydroxylation is 1. The van der Waals surface area contributed by atoms with Crippen LogP contribution in [0.15, 0.2) is 66.1 Å². The standard InChI is InChI=1S/C25H28N6S/c1-4-13-31-22-8-6-5-7-21(22)23-24(32-31)18(2)26-25(28-23)27-19-9-11-20(12-10-19)30-16-14-29(3)15-17-30/h4-12H,1,13-17H2,2-3H3,(H,26,27,28). The molecule has 1 aromatic heterocycles. The maximum Gasteiger partial charge on any atom is 0.228 e. The van der Waals surface area contributed by atoms with E-state index < -0.39 is 0 Å². The Morgan fingerprint density at radius 3 is 2.53 bits per heavy atom. The third-order valence-corrected chi connectivity index (χ3v) is 7.19. The Kier molecular flexibility index (Phi) is 5.76. The largest absolute Gasteiger partial charge is 0.369 e. The van der Waals surface area contributed by atoms with Crippen LogP contribution < -0.4 is 14.5 Å². The highest BCUT2D eigenvalue weighted by atomic mass is 32.2. The highest BCUT2D eigenvalue weighted by Gasteiger charge is 2.26. The van der Waals surface area contributed by atoms with Crippen LogP contribution in [0.2, 0.25) is 0 Å². The van der Waals surface area contributed by atoms with Crippen molar-refractivity contribution in [2.24, 2.45) is 0 Å². The third kappa shape index (κ3) is 4.06. The molecule has 0 bridgehead atoms. The Hall–Kier alpha value is -3.03. The average molecular weight is 445 g/mol. The smallest absolute Gasteiger partial charge is 0.228 e. The van der Waals surface area contributed by atoms with Gasteiger partial charge in [-0.15, -0.1) is 6.58 Å². The van der Waals surface area contributed by atoms with Gasteiger partial charge in [-0.05, 0) is 56.3 Å². The lowest BCUT2D eigenvalue weighted by Gasteiger charge is -2.34. The molecule has 2 aromatic carbocycles. The molecule has 5 rings (SSSR count). The Bertz CT molecular complexity index is 1120. The highest BCUT2D eigenvalue weighted by molar-refractivity contribution is 8.01. The predicted molar refractivity (Wildman–Crippen MR) is 135 cm³/mol. The molecular formula is C25H28N6S. The first-order chi connectivity index (χ1) is 15.6. The summed E-state index contributed by atoms with van der Waals surface area (Å²) in [7, 11) is 2.18. The van der Waals surface area contributed by atoms with Crippen molar-refractivity contribution in [1.29, 1.82) is 0 Å². The fourth-order valence-electron chi connectivity index (χ4n) is 4.16. The molecule has 3 aromatic rings. The van der Waals surface area contributed by atoms with Crippen LogP contribution in [0.3, 0.4) is 0 Å². The van der Waals surface area contributed by atoms with Gasteiger partial charge in [0.05, 0.1) is 22.0 Å². The van der Waals surface area contributed by atoms with Crippen LogP contribution in [-0.2, 0) is 0 Å². The minimum atomic E-state index is 0.626. The van der Waals surface area contributed by atoms with Gasteiger partial charge in [-0.3, -0.25) is 0 Å². The number of hydrogen-bond donors (Lipinski definition) is 1. The Morgan fingerprint density at radius 2 is 1.78 bits per heavy atom. The van der Waals surface area contributed by atoms with Gasteiger partial charge in [-0.25, -0.2) is 9.97 Å². The van der Waals surface area contributed by atoms with Crippen LogP contribution in [0.25, 0.3) is 11.3 Å². The Labute approximate surface area is 194 Å². The lowest BCUT2D eigenvalue weighted by Crippen LogP contribution is -2.44. The highest BCUT2D eigenvalue weighted by Crippen LogP contribution is 2.46. The van der Waals surface area contributed by atoms with Crippen LogP contribution in [0.1, 0.15) is 5.69 Å². The summed E-state index contributed by atoms with van der Waals surface area (Å²) in [4.78, 5) is 15.6. The van der Waals surface area contributed by atoms with Gasteiger partial charge < -0.3 is 19.4 Å². The zero-order valence-electron chi connectivity index (χ0n) is 18.6. The zero-order chi connectivity index (χ0) is 22.1. The molecule has 3 heterocycles. The number of para-hydroxylation sites is 1. The first-order valence-electron chi connectivity index (χ1n) is 11.0. The number of anilines is 4. The van der Waals surface area contributed by atoms with Gasteiger partial charge in [-0.1, -0.05) is 24.3 Å². The van der Waals surface area contributed by atoms with Crippen molar-refractivity contribution in [3.8, 4) is 11.3 Å². The molecule has 2 aliphatic rings. The first kappa shape index (κ1) is 20.8. The van der Waals surface area contributed by atoms with Crippen molar-refractivity contribution in [3.05, 3.63) is 66.9 Å². The number of aromatic nitrogens is 2. The first-order valence-corrected chi connectivity index (χ1v) is 11.7. The van der Waals surface area contributed by atoms with Crippen molar-refractivity contribution in [2.75, 3.05) is 54.3 Å². The van der Waals surface area contributed by atoms with E-state index >= 15 is 0 Å². The molecular weight excluding hydrogens is 416 g/mol. The molecule has 2 aliphatic heterocycles. The summed E-state index contributed by atoms with van der Waals surface area (Å²) < 4.78 is 2.24. The molecule has 0 atom stereocenters. The molecule has 0 amide bonds. The minimum Gasteiger partial charge on any atom is -0.369 e. The number of nitrogens with zero attached hydrogens (tertiary/aromatic N) is 5. The molecule has 164 valence electrons. The Morgan fingerprint density at radius 1 is 1.03 bits per heavy atom. The van der Waals surface area contributed by atoms with Gasteiger partial charge in [-0.2, -0.15) is 0 Å². The van der Waals surface area contributed by atoms with Crippen molar-refractivity contribution in [3.63, 3.8) is 0 Å². The summed E-state index contributed by atoms with van der Waals surface area (Å²) in [5.41, 5.74) is 6.49. The fraction of sp³-hybridized carbons (Fsp3) is 0.280. The number of likely N-dealkylation sites (N-methyl/N-ethyl adjacent to an activating group) is 1. The lowest BCUT2D eigenvalue weighted by molar-refractivity contribution is 0.313. The summed E-state index contributed by atoms with van der Waals surface area (Å²) >= 11 is 1.68. The molecule has 1 N–H and O–H groups in total. The van der Waals surface area contributed by atoms with Crippen LogP contribution >= 0.6 is 11.9 Å². The second-order valence-corrected chi connectivity index (χ2v) is 9.26. The van der Waals surface area contributed by atoms with E-state index in [-0.39, 0.29) is 0 Å². The van der Waals surface area contributed by atoms with Crippen molar-refractivity contribution >= 4 is 35.0 Å². The topological polar surface area (TPSA) is 47.5 Å². The number of nitrogens with one attached hydrogen (secondary N) is 1. The normalized spacial score (nSPS) is 15.8.